The highest BCUT2D eigenvalue weighted by Gasteiger charge is 2.13. The maximum absolute atomic E-state index is 9.26. The van der Waals surface area contributed by atoms with E-state index in [1.54, 1.807) is 6.07 Å². The molecule has 0 amide bonds. The highest BCUT2D eigenvalue weighted by Crippen LogP contribution is 2.33. The second kappa shape index (κ2) is 5.53. The van der Waals surface area contributed by atoms with Crippen LogP contribution in [0, 0.1) is 22.7 Å². The first-order chi connectivity index (χ1) is 11.7. The minimum Gasteiger partial charge on any atom is -0.309 e. The summed E-state index contributed by atoms with van der Waals surface area (Å²) >= 11 is 3.48. The standard InChI is InChI=1S/C20H10BrN3/c21-15-7-14(12-23)8-16(10-15)24-19-4-2-1-3-17(19)18-9-13(11-22)5-6-20(18)24/h1-10H. The fourth-order valence-corrected chi connectivity index (χ4v) is 3.57. The van der Waals surface area contributed by atoms with E-state index in [0.29, 0.717) is 11.1 Å². The average Bonchev–Trinajstić information content (AvgIpc) is 2.94. The number of aromatic nitrogens is 1. The molecule has 0 spiro atoms. The third kappa shape index (κ3) is 2.17. The van der Waals surface area contributed by atoms with Gasteiger partial charge in [-0.1, -0.05) is 34.1 Å². The lowest BCUT2D eigenvalue weighted by molar-refractivity contribution is 1.17. The van der Waals surface area contributed by atoms with Crippen LogP contribution < -0.4 is 0 Å². The Balaban J connectivity index is 2.17. The predicted molar refractivity (Wildman–Crippen MR) is 97.9 cm³/mol. The van der Waals surface area contributed by atoms with Gasteiger partial charge >= 0.3 is 0 Å². The van der Waals surface area contributed by atoms with E-state index in [9.17, 15) is 10.5 Å². The largest absolute Gasteiger partial charge is 0.309 e. The van der Waals surface area contributed by atoms with Gasteiger partial charge < -0.3 is 4.57 Å². The van der Waals surface area contributed by atoms with Gasteiger partial charge in [-0.2, -0.15) is 10.5 Å². The first-order valence-electron chi connectivity index (χ1n) is 7.35. The highest BCUT2D eigenvalue weighted by atomic mass is 79.9. The van der Waals surface area contributed by atoms with Crippen molar-refractivity contribution in [3.63, 3.8) is 0 Å². The van der Waals surface area contributed by atoms with Gasteiger partial charge in [0.15, 0.2) is 0 Å². The van der Waals surface area contributed by atoms with Crippen LogP contribution in [0.15, 0.2) is 65.1 Å². The minimum absolute atomic E-state index is 0.596. The van der Waals surface area contributed by atoms with Crippen molar-refractivity contribution in [1.82, 2.24) is 4.57 Å². The summed E-state index contributed by atoms with van der Waals surface area (Å²) in [6.07, 6.45) is 0. The topological polar surface area (TPSA) is 52.5 Å². The number of hydrogen-bond donors (Lipinski definition) is 0. The average molecular weight is 372 g/mol. The van der Waals surface area contributed by atoms with Crippen molar-refractivity contribution in [3.8, 4) is 17.8 Å². The number of halogens is 1. The monoisotopic (exact) mass is 371 g/mol. The Morgan fingerprint density at radius 2 is 1.50 bits per heavy atom. The van der Waals surface area contributed by atoms with Crippen molar-refractivity contribution in [1.29, 1.82) is 10.5 Å². The van der Waals surface area contributed by atoms with Crippen molar-refractivity contribution in [3.05, 3.63) is 76.3 Å². The molecule has 24 heavy (non-hydrogen) atoms. The zero-order valence-electron chi connectivity index (χ0n) is 12.5. The Bertz CT molecular complexity index is 1190. The van der Waals surface area contributed by atoms with Crippen LogP contribution in [0.25, 0.3) is 27.5 Å². The van der Waals surface area contributed by atoms with Crippen molar-refractivity contribution in [2.45, 2.75) is 0 Å². The number of fused-ring (bicyclic) bond motifs is 3. The van der Waals surface area contributed by atoms with Gasteiger partial charge in [0.05, 0.1) is 34.3 Å². The van der Waals surface area contributed by atoms with Gasteiger partial charge in [0, 0.05) is 20.9 Å². The number of nitrogens with zero attached hydrogens (tertiary/aromatic N) is 3. The zero-order chi connectivity index (χ0) is 16.7. The summed E-state index contributed by atoms with van der Waals surface area (Å²) in [4.78, 5) is 0. The summed E-state index contributed by atoms with van der Waals surface area (Å²) in [6.45, 7) is 0. The second-order valence-corrected chi connectivity index (χ2v) is 6.42. The van der Waals surface area contributed by atoms with Crippen LogP contribution in [-0.4, -0.2) is 4.57 Å². The summed E-state index contributed by atoms with van der Waals surface area (Å²) in [5.41, 5.74) is 4.20. The third-order valence-electron chi connectivity index (χ3n) is 4.07. The molecule has 112 valence electrons. The van der Waals surface area contributed by atoms with Crippen molar-refractivity contribution in [2.24, 2.45) is 0 Å². The summed E-state index contributed by atoms with van der Waals surface area (Å²) in [5.74, 6) is 0. The molecule has 3 aromatic carbocycles. The number of nitriles is 2. The van der Waals surface area contributed by atoms with E-state index in [-0.39, 0.29) is 0 Å². The van der Waals surface area contributed by atoms with E-state index in [4.69, 9.17) is 0 Å². The molecule has 4 rings (SSSR count). The van der Waals surface area contributed by atoms with Gasteiger partial charge in [-0.15, -0.1) is 0 Å². The molecule has 0 fully saturated rings. The summed E-state index contributed by atoms with van der Waals surface area (Å²) in [5, 5.41) is 20.6. The van der Waals surface area contributed by atoms with Crippen LogP contribution in [0.5, 0.6) is 0 Å². The third-order valence-corrected chi connectivity index (χ3v) is 4.53. The zero-order valence-corrected chi connectivity index (χ0v) is 14.1. The van der Waals surface area contributed by atoms with Crippen LogP contribution in [0.1, 0.15) is 11.1 Å². The number of rotatable bonds is 1. The van der Waals surface area contributed by atoms with Crippen LogP contribution in [-0.2, 0) is 0 Å². The molecule has 0 saturated carbocycles. The molecule has 4 heteroatoms. The van der Waals surface area contributed by atoms with E-state index < -0.39 is 0 Å². The Kier molecular flexibility index (Phi) is 3.34. The minimum atomic E-state index is 0.596. The molecule has 0 aliphatic heterocycles. The van der Waals surface area contributed by atoms with Crippen LogP contribution >= 0.6 is 15.9 Å². The molecular formula is C20H10BrN3. The SMILES string of the molecule is N#Cc1cc(Br)cc(-n2c3ccccc3c3cc(C#N)ccc32)c1. The summed E-state index contributed by atoms with van der Waals surface area (Å²) in [7, 11) is 0. The first-order valence-corrected chi connectivity index (χ1v) is 8.15. The van der Waals surface area contributed by atoms with E-state index in [2.05, 4.69) is 38.7 Å². The molecule has 4 aromatic rings. The van der Waals surface area contributed by atoms with Crippen LogP contribution in [0.4, 0.5) is 0 Å². The summed E-state index contributed by atoms with van der Waals surface area (Å²) < 4.78 is 2.98. The highest BCUT2D eigenvalue weighted by molar-refractivity contribution is 9.10. The second-order valence-electron chi connectivity index (χ2n) is 5.51. The van der Waals surface area contributed by atoms with Gasteiger partial charge in [0.25, 0.3) is 0 Å². The van der Waals surface area contributed by atoms with Crippen molar-refractivity contribution >= 4 is 37.7 Å². The lowest BCUT2D eigenvalue weighted by atomic mass is 10.1. The predicted octanol–water partition coefficient (Wildman–Crippen LogP) is 5.29. The summed E-state index contributed by atoms with van der Waals surface area (Å²) in [6, 6.07) is 23.8. The smallest absolute Gasteiger partial charge is 0.0992 e. The van der Waals surface area contributed by atoms with E-state index in [0.717, 1.165) is 32.0 Å². The molecule has 0 atom stereocenters. The first kappa shape index (κ1) is 14.5. The number of para-hydroxylation sites is 1. The van der Waals surface area contributed by atoms with Crippen molar-refractivity contribution < 1.29 is 0 Å². The maximum Gasteiger partial charge on any atom is 0.0992 e. The normalized spacial score (nSPS) is 10.6. The fraction of sp³-hybridized carbons (Fsp3) is 0. The molecule has 0 bridgehead atoms. The Morgan fingerprint density at radius 1 is 0.750 bits per heavy atom. The molecule has 1 heterocycles. The molecule has 0 N–H and O–H groups in total. The van der Waals surface area contributed by atoms with E-state index >= 15 is 0 Å². The maximum atomic E-state index is 9.26. The lowest BCUT2D eigenvalue weighted by Crippen LogP contribution is -1.95. The van der Waals surface area contributed by atoms with Gasteiger partial charge in [0.2, 0.25) is 0 Å². The molecule has 0 radical (unpaired) electrons. The molecule has 0 aliphatic carbocycles. The molecule has 1 aromatic heterocycles. The van der Waals surface area contributed by atoms with Crippen molar-refractivity contribution in [2.75, 3.05) is 0 Å². The Morgan fingerprint density at radius 3 is 2.29 bits per heavy atom. The van der Waals surface area contributed by atoms with Gasteiger partial charge in [-0.05, 0) is 42.5 Å². The lowest BCUT2D eigenvalue weighted by Gasteiger charge is -2.09. The van der Waals surface area contributed by atoms with Gasteiger partial charge in [-0.25, -0.2) is 0 Å². The molecular weight excluding hydrogens is 362 g/mol. The van der Waals surface area contributed by atoms with E-state index in [1.165, 1.54) is 0 Å². The fourth-order valence-electron chi connectivity index (χ4n) is 3.09. The molecule has 0 aliphatic rings. The quantitative estimate of drug-likeness (QED) is 0.456. The molecule has 3 nitrogen and oxygen atoms in total. The number of hydrogen-bond acceptors (Lipinski definition) is 2. The van der Waals surface area contributed by atoms with Gasteiger partial charge in [0.1, 0.15) is 0 Å². The van der Waals surface area contributed by atoms with Crippen LogP contribution in [0.3, 0.4) is 0 Å². The van der Waals surface area contributed by atoms with Gasteiger partial charge in [-0.3, -0.25) is 0 Å². The molecule has 0 unspecified atom stereocenters. The number of benzene rings is 3. The Hall–Kier alpha value is -3.08. The Labute approximate surface area is 147 Å². The molecule has 0 saturated heterocycles. The van der Waals surface area contributed by atoms with Crippen LogP contribution in [0.2, 0.25) is 0 Å². The van der Waals surface area contributed by atoms with E-state index in [1.807, 2.05) is 48.5 Å².